The van der Waals surface area contributed by atoms with E-state index in [1.54, 1.807) is 20.8 Å². The zero-order valence-corrected chi connectivity index (χ0v) is 18.1. The fourth-order valence-electron chi connectivity index (χ4n) is 3.42. The molecule has 2 N–H and O–H groups in total. The highest BCUT2D eigenvalue weighted by molar-refractivity contribution is 8.04. The molecule has 2 aliphatic rings. The van der Waals surface area contributed by atoms with Crippen LogP contribution in [0.1, 0.15) is 32.3 Å². The van der Waals surface area contributed by atoms with Crippen molar-refractivity contribution in [1.29, 1.82) is 0 Å². The summed E-state index contributed by atoms with van der Waals surface area (Å²) in [6.45, 7) is 4.90. The topological polar surface area (TPSA) is 98.9 Å². The Morgan fingerprint density at radius 2 is 1.80 bits per heavy atom. The first-order valence-corrected chi connectivity index (χ1v) is 10.5. The number of nitrogens with zero attached hydrogens (tertiary/aromatic N) is 1. The van der Waals surface area contributed by atoms with Gasteiger partial charge in [-0.1, -0.05) is 29.4 Å². The van der Waals surface area contributed by atoms with Gasteiger partial charge in [-0.25, -0.2) is 14.0 Å². The van der Waals surface area contributed by atoms with Crippen LogP contribution in [0.15, 0.2) is 40.2 Å². The molecule has 0 saturated carbocycles. The van der Waals surface area contributed by atoms with Gasteiger partial charge in [-0.05, 0) is 32.9 Å². The normalized spacial score (nSPS) is 21.1. The van der Waals surface area contributed by atoms with Gasteiger partial charge < -0.3 is 15.2 Å². The Labute approximate surface area is 182 Å². The van der Waals surface area contributed by atoms with Crippen molar-refractivity contribution in [3.05, 3.63) is 56.6 Å². The van der Waals surface area contributed by atoms with E-state index >= 15 is 0 Å². The van der Waals surface area contributed by atoms with Crippen LogP contribution in [-0.2, 0) is 23.9 Å². The van der Waals surface area contributed by atoms with E-state index in [0.29, 0.717) is 0 Å². The highest BCUT2D eigenvalue weighted by atomic mass is 35.5. The van der Waals surface area contributed by atoms with Gasteiger partial charge in [0, 0.05) is 10.6 Å². The summed E-state index contributed by atoms with van der Waals surface area (Å²) in [4.78, 5) is 39.7. The van der Waals surface area contributed by atoms with Crippen molar-refractivity contribution in [2.75, 3.05) is 13.2 Å². The average Bonchev–Trinajstić information content (AvgIpc) is 2.97. The molecule has 1 aromatic carbocycles. The van der Waals surface area contributed by atoms with Gasteiger partial charge in [-0.3, -0.25) is 9.69 Å². The van der Waals surface area contributed by atoms with Crippen molar-refractivity contribution in [3.8, 4) is 0 Å². The third kappa shape index (κ3) is 3.56. The number of carbonyl (C=O) groups excluding carboxylic acids is 3. The van der Waals surface area contributed by atoms with Crippen molar-refractivity contribution in [3.63, 3.8) is 0 Å². The molecule has 3 rings (SSSR count). The fraction of sp³-hybridized carbons (Fsp3) is 0.350. The van der Waals surface area contributed by atoms with E-state index in [-0.39, 0.29) is 45.8 Å². The molecule has 0 unspecified atom stereocenters. The molecule has 30 heavy (non-hydrogen) atoms. The Morgan fingerprint density at radius 3 is 2.37 bits per heavy atom. The van der Waals surface area contributed by atoms with Crippen molar-refractivity contribution < 1.29 is 28.2 Å². The molecule has 2 heterocycles. The second-order valence-corrected chi connectivity index (χ2v) is 8.20. The molecule has 1 aromatic rings. The summed E-state index contributed by atoms with van der Waals surface area (Å²) in [7, 11) is 0. The third-order valence-electron chi connectivity index (χ3n) is 4.66. The molecule has 7 nitrogen and oxygen atoms in total. The van der Waals surface area contributed by atoms with Gasteiger partial charge in [0.2, 0.25) is 5.91 Å². The van der Waals surface area contributed by atoms with Crippen LogP contribution in [0.2, 0.25) is 5.02 Å². The lowest BCUT2D eigenvalue weighted by Gasteiger charge is -2.33. The molecular weight excluding hydrogens is 435 g/mol. The number of carbonyl (C=O) groups is 3. The summed E-state index contributed by atoms with van der Waals surface area (Å²) in [5, 5.41) is -0.380. The monoisotopic (exact) mass is 454 g/mol. The average molecular weight is 455 g/mol. The summed E-state index contributed by atoms with van der Waals surface area (Å²) >= 11 is 7.37. The predicted molar refractivity (Wildman–Crippen MR) is 110 cm³/mol. The first-order chi connectivity index (χ1) is 14.2. The van der Waals surface area contributed by atoms with E-state index in [1.807, 2.05) is 0 Å². The van der Waals surface area contributed by atoms with Crippen molar-refractivity contribution in [1.82, 2.24) is 4.90 Å². The first-order valence-electron chi connectivity index (χ1n) is 9.27. The van der Waals surface area contributed by atoms with E-state index in [0.717, 1.165) is 22.7 Å². The molecule has 2 atom stereocenters. The lowest BCUT2D eigenvalue weighted by atomic mass is 9.82. The molecule has 0 spiro atoms. The maximum absolute atomic E-state index is 14.9. The summed E-state index contributed by atoms with van der Waals surface area (Å²) in [6, 6.07) is 4.00. The lowest BCUT2D eigenvalue weighted by Crippen LogP contribution is -2.40. The van der Waals surface area contributed by atoms with Gasteiger partial charge in [-0.15, -0.1) is 0 Å². The maximum Gasteiger partial charge on any atom is 0.338 e. The van der Waals surface area contributed by atoms with Gasteiger partial charge >= 0.3 is 11.9 Å². The van der Waals surface area contributed by atoms with Crippen LogP contribution in [-0.4, -0.2) is 41.2 Å². The van der Waals surface area contributed by atoms with Crippen LogP contribution >= 0.6 is 23.4 Å². The molecule has 0 aromatic heterocycles. The van der Waals surface area contributed by atoms with Crippen molar-refractivity contribution >= 4 is 41.2 Å². The number of ether oxygens (including phenoxy) is 2. The molecule has 10 heteroatoms. The van der Waals surface area contributed by atoms with Crippen LogP contribution < -0.4 is 5.73 Å². The van der Waals surface area contributed by atoms with E-state index in [4.69, 9.17) is 26.8 Å². The minimum Gasteiger partial charge on any atom is -0.463 e. The zero-order chi connectivity index (χ0) is 22.2. The molecule has 1 saturated heterocycles. The fourth-order valence-corrected chi connectivity index (χ4v) is 4.86. The Hall–Kier alpha value is -2.52. The summed E-state index contributed by atoms with van der Waals surface area (Å²) in [5.41, 5.74) is 5.80. The summed E-state index contributed by atoms with van der Waals surface area (Å²) < 4.78 is 25.2. The SMILES string of the molecule is CCOC(=O)C1=C(N)N2C(=O)[C@@H](C)SC2=C(C(=O)OCC)[C@H]1c1c(F)cccc1Cl. The molecule has 0 aliphatic carbocycles. The maximum atomic E-state index is 14.9. The number of fused-ring (bicyclic) bond motifs is 1. The molecule has 1 amide bonds. The quantitative estimate of drug-likeness (QED) is 0.682. The van der Waals surface area contributed by atoms with Crippen LogP contribution in [0.25, 0.3) is 0 Å². The highest BCUT2D eigenvalue weighted by Crippen LogP contribution is 2.51. The Bertz CT molecular complexity index is 973. The third-order valence-corrected chi connectivity index (χ3v) is 6.17. The first kappa shape index (κ1) is 22.2. The zero-order valence-electron chi connectivity index (χ0n) is 16.5. The number of halogens is 2. The molecule has 1 fully saturated rings. The van der Waals surface area contributed by atoms with E-state index < -0.39 is 34.8 Å². The Balaban J connectivity index is 2.37. The molecule has 160 valence electrons. The molecule has 0 radical (unpaired) electrons. The van der Waals surface area contributed by atoms with Gasteiger partial charge in [0.1, 0.15) is 11.6 Å². The van der Waals surface area contributed by atoms with Crippen LogP contribution in [0.5, 0.6) is 0 Å². The van der Waals surface area contributed by atoms with E-state index in [9.17, 15) is 18.8 Å². The standard InChI is InChI=1S/C20H20ClFN2O5S/c1-4-28-19(26)14-13(12-10(21)7-6-8-11(12)22)15(20(27)29-5-2)18-24(16(14)23)17(25)9(3)30-18/h6-9,13H,4-5,23H2,1-3H3/t9-,13+/m1/s1. The number of amides is 1. The second-order valence-electron chi connectivity index (χ2n) is 6.46. The minimum absolute atomic E-state index is 0.00665. The molecular formula is C20H20ClFN2O5S. The second kappa shape index (κ2) is 8.69. The van der Waals surface area contributed by atoms with Gasteiger partial charge in [0.15, 0.2) is 0 Å². The van der Waals surface area contributed by atoms with Gasteiger partial charge in [0.05, 0.1) is 40.6 Å². The van der Waals surface area contributed by atoms with Gasteiger partial charge in [-0.2, -0.15) is 0 Å². The largest absolute Gasteiger partial charge is 0.463 e. The number of benzene rings is 1. The van der Waals surface area contributed by atoms with E-state index in [2.05, 4.69) is 0 Å². The molecule has 0 bridgehead atoms. The molecule has 2 aliphatic heterocycles. The summed E-state index contributed by atoms with van der Waals surface area (Å²) in [6.07, 6.45) is 0. The van der Waals surface area contributed by atoms with Crippen molar-refractivity contribution in [2.45, 2.75) is 31.9 Å². The van der Waals surface area contributed by atoms with Crippen LogP contribution in [0.3, 0.4) is 0 Å². The lowest BCUT2D eigenvalue weighted by molar-refractivity contribution is -0.139. The highest BCUT2D eigenvalue weighted by Gasteiger charge is 2.50. The number of rotatable bonds is 5. The van der Waals surface area contributed by atoms with E-state index in [1.165, 1.54) is 12.1 Å². The minimum atomic E-state index is -1.30. The Morgan fingerprint density at radius 1 is 1.20 bits per heavy atom. The smallest absolute Gasteiger partial charge is 0.338 e. The summed E-state index contributed by atoms with van der Waals surface area (Å²) in [5.74, 6) is -4.34. The number of thioether (sulfide) groups is 1. The number of hydrogen-bond donors (Lipinski definition) is 1. The predicted octanol–water partition coefficient (Wildman–Crippen LogP) is 3.05. The van der Waals surface area contributed by atoms with Crippen LogP contribution in [0.4, 0.5) is 4.39 Å². The number of esters is 2. The Kier molecular flexibility index (Phi) is 6.42. The number of nitrogens with two attached hydrogens (primary N) is 1. The van der Waals surface area contributed by atoms with Gasteiger partial charge in [0.25, 0.3) is 0 Å². The van der Waals surface area contributed by atoms with Crippen LogP contribution in [0, 0.1) is 5.82 Å². The van der Waals surface area contributed by atoms with Crippen molar-refractivity contribution in [2.24, 2.45) is 5.73 Å². The number of hydrogen-bond acceptors (Lipinski definition) is 7.